The van der Waals surface area contributed by atoms with Crippen LogP contribution < -0.4 is 19.5 Å². The maximum Gasteiger partial charge on any atom is 0.323 e. The van der Waals surface area contributed by atoms with Gasteiger partial charge in [-0.3, -0.25) is 14.9 Å². The first-order valence-electron chi connectivity index (χ1n) is 14.8. The van der Waals surface area contributed by atoms with Crippen molar-refractivity contribution in [1.82, 2.24) is 15.6 Å². The van der Waals surface area contributed by atoms with Crippen LogP contribution in [0.25, 0.3) is 22.2 Å². The number of fused-ring (bicyclic) bond motifs is 1. The Labute approximate surface area is 284 Å². The number of carbonyl (C=O) groups is 2. The molecule has 4 N–H and O–H groups in total. The highest BCUT2D eigenvalue weighted by Crippen LogP contribution is 2.36. The monoisotopic (exact) mass is 695 g/mol. The summed E-state index contributed by atoms with van der Waals surface area (Å²) in [4.78, 5) is 22.2. The van der Waals surface area contributed by atoms with Crippen LogP contribution in [0, 0.1) is 0 Å². The number of aliphatic carboxylic acids is 2. The van der Waals surface area contributed by atoms with Gasteiger partial charge in [0.2, 0.25) is 0 Å². The second-order valence-corrected chi connectivity index (χ2v) is 11.4. The lowest BCUT2D eigenvalue weighted by molar-refractivity contribution is -0.140. The number of halogens is 2. The van der Waals surface area contributed by atoms with Crippen molar-refractivity contribution in [1.29, 1.82) is 0 Å². The number of hydrogen-bond donors (Lipinski definition) is 4. The standard InChI is InChI=1S/C34H31Cl2N3O9/c35-26-14-23(16-37-29(17-40)34(43)44)30(46-18-20-9-10-27-28(12-20)39-48-38-27)15-31(26)47-19-22-5-2-7-25(33(22)36)21-4-1-6-24(13-21)45-11-3-8-32(41)42/h1-2,4-7,9-10,12-15,29,37,40H,3,8,11,16-19H2,(H,41,42)(H,43,44)/t29-/m1/s1. The average molecular weight is 697 g/mol. The predicted octanol–water partition coefficient (Wildman–Crippen LogP) is 6.13. The number of ether oxygens (including phenoxy) is 3. The van der Waals surface area contributed by atoms with E-state index in [0.29, 0.717) is 50.9 Å². The van der Waals surface area contributed by atoms with Crippen LogP contribution in [0.4, 0.5) is 0 Å². The van der Waals surface area contributed by atoms with E-state index >= 15 is 0 Å². The molecule has 0 aliphatic carbocycles. The summed E-state index contributed by atoms with van der Waals surface area (Å²) in [6, 6.07) is 20.3. The van der Waals surface area contributed by atoms with Crippen LogP contribution in [0.2, 0.25) is 10.0 Å². The quantitative estimate of drug-likeness (QED) is 0.0820. The summed E-state index contributed by atoms with van der Waals surface area (Å²) in [5.41, 5.74) is 4.75. The minimum Gasteiger partial charge on any atom is -0.494 e. The van der Waals surface area contributed by atoms with Gasteiger partial charge in [0.05, 0.1) is 23.3 Å². The number of nitrogens with one attached hydrogen (secondary N) is 1. The lowest BCUT2D eigenvalue weighted by atomic mass is 10.0. The van der Waals surface area contributed by atoms with Crippen LogP contribution >= 0.6 is 23.2 Å². The van der Waals surface area contributed by atoms with Crippen molar-refractivity contribution >= 4 is 46.2 Å². The van der Waals surface area contributed by atoms with E-state index in [-0.39, 0.29) is 37.8 Å². The number of rotatable bonds is 17. The SMILES string of the molecule is O=C(O)CCCOc1cccc(-c2cccc(COc3cc(OCc4ccc5nonc5c4)c(CN[C@H](CO)C(=O)O)cc3Cl)c2Cl)c1. The fraction of sp³-hybridized carbons (Fsp3) is 0.235. The summed E-state index contributed by atoms with van der Waals surface area (Å²) in [6.07, 6.45) is 0.416. The van der Waals surface area contributed by atoms with Gasteiger partial charge in [0.15, 0.2) is 0 Å². The van der Waals surface area contributed by atoms with E-state index in [1.807, 2.05) is 42.5 Å². The third-order valence-corrected chi connectivity index (χ3v) is 8.00. The molecule has 0 saturated heterocycles. The predicted molar refractivity (Wildman–Crippen MR) is 177 cm³/mol. The summed E-state index contributed by atoms with van der Waals surface area (Å²) in [5, 5.41) is 38.8. The molecule has 1 atom stereocenters. The van der Waals surface area contributed by atoms with E-state index in [2.05, 4.69) is 15.6 Å². The average Bonchev–Trinajstić information content (AvgIpc) is 3.54. The Morgan fingerprint density at radius 3 is 2.44 bits per heavy atom. The number of hydrogen-bond acceptors (Lipinski definition) is 10. The van der Waals surface area contributed by atoms with Gasteiger partial charge in [0.25, 0.3) is 0 Å². The van der Waals surface area contributed by atoms with Crippen molar-refractivity contribution in [3.8, 4) is 28.4 Å². The maximum atomic E-state index is 11.5. The van der Waals surface area contributed by atoms with Crippen LogP contribution in [0.3, 0.4) is 0 Å². The van der Waals surface area contributed by atoms with Gasteiger partial charge in [0.1, 0.15) is 47.5 Å². The highest BCUT2D eigenvalue weighted by Gasteiger charge is 2.19. The van der Waals surface area contributed by atoms with Crippen LogP contribution in [0.15, 0.2) is 77.4 Å². The molecule has 0 aliphatic heterocycles. The van der Waals surface area contributed by atoms with Crippen LogP contribution in [0.5, 0.6) is 17.2 Å². The number of aliphatic hydroxyl groups excluding tert-OH is 1. The molecule has 0 aliphatic rings. The first kappa shape index (κ1) is 34.5. The molecule has 0 fully saturated rings. The Morgan fingerprint density at radius 2 is 1.65 bits per heavy atom. The van der Waals surface area contributed by atoms with Gasteiger partial charge in [0, 0.05) is 35.7 Å². The van der Waals surface area contributed by atoms with Gasteiger partial charge >= 0.3 is 11.9 Å². The fourth-order valence-electron chi connectivity index (χ4n) is 4.74. The number of nitrogens with zero attached hydrogens (tertiary/aromatic N) is 2. The largest absolute Gasteiger partial charge is 0.494 e. The number of carboxylic acids is 2. The molecule has 0 amide bonds. The molecule has 1 aromatic heterocycles. The molecule has 4 aromatic carbocycles. The van der Waals surface area contributed by atoms with E-state index in [1.165, 1.54) is 0 Å². The van der Waals surface area contributed by atoms with E-state index in [1.54, 1.807) is 30.3 Å². The van der Waals surface area contributed by atoms with E-state index in [4.69, 9.17) is 47.1 Å². The molecule has 48 heavy (non-hydrogen) atoms. The summed E-state index contributed by atoms with van der Waals surface area (Å²) >= 11 is 13.5. The van der Waals surface area contributed by atoms with Crippen molar-refractivity contribution in [2.45, 2.75) is 38.6 Å². The van der Waals surface area contributed by atoms with Crippen molar-refractivity contribution < 1.29 is 43.7 Å². The number of aliphatic hydroxyl groups is 1. The number of aromatic nitrogens is 2. The number of benzene rings is 4. The lowest BCUT2D eigenvalue weighted by Gasteiger charge is -2.18. The Morgan fingerprint density at radius 1 is 0.854 bits per heavy atom. The van der Waals surface area contributed by atoms with Gasteiger partial charge in [-0.25, -0.2) is 4.63 Å². The van der Waals surface area contributed by atoms with Gasteiger partial charge in [-0.15, -0.1) is 0 Å². The summed E-state index contributed by atoms with van der Waals surface area (Å²) in [6.45, 7) is -0.0916. The summed E-state index contributed by atoms with van der Waals surface area (Å²) < 4.78 is 22.8. The minimum absolute atomic E-state index is 0.0254. The molecule has 0 bridgehead atoms. The zero-order valence-electron chi connectivity index (χ0n) is 25.4. The van der Waals surface area contributed by atoms with E-state index < -0.39 is 24.6 Å². The molecular weight excluding hydrogens is 665 g/mol. The van der Waals surface area contributed by atoms with Crippen LogP contribution in [-0.2, 0) is 29.3 Å². The van der Waals surface area contributed by atoms with Crippen molar-refractivity contribution in [2.75, 3.05) is 13.2 Å². The lowest BCUT2D eigenvalue weighted by Crippen LogP contribution is -2.39. The molecule has 0 saturated carbocycles. The maximum absolute atomic E-state index is 11.5. The second-order valence-electron chi connectivity index (χ2n) is 10.7. The third-order valence-electron chi connectivity index (χ3n) is 7.26. The molecule has 250 valence electrons. The fourth-order valence-corrected chi connectivity index (χ4v) is 5.27. The smallest absolute Gasteiger partial charge is 0.323 e. The minimum atomic E-state index is -1.20. The first-order chi connectivity index (χ1) is 23.2. The van der Waals surface area contributed by atoms with Crippen LogP contribution in [0.1, 0.15) is 29.5 Å². The highest BCUT2D eigenvalue weighted by molar-refractivity contribution is 6.34. The summed E-state index contributed by atoms with van der Waals surface area (Å²) in [7, 11) is 0. The molecular formula is C34H31Cl2N3O9. The Balaban J connectivity index is 1.33. The molecule has 5 rings (SSSR count). The normalized spacial score (nSPS) is 11.7. The Bertz CT molecular complexity index is 1900. The van der Waals surface area contributed by atoms with Crippen LogP contribution in [-0.4, -0.2) is 56.8 Å². The first-order valence-corrected chi connectivity index (χ1v) is 15.6. The summed E-state index contributed by atoms with van der Waals surface area (Å²) in [5.74, 6) is -0.795. The molecule has 12 nitrogen and oxygen atoms in total. The Hall–Kier alpha value is -4.88. The molecule has 0 unspecified atom stereocenters. The van der Waals surface area contributed by atoms with E-state index in [0.717, 1.165) is 16.7 Å². The van der Waals surface area contributed by atoms with E-state index in [9.17, 15) is 19.8 Å². The zero-order chi connectivity index (χ0) is 34.0. The zero-order valence-corrected chi connectivity index (χ0v) is 26.9. The molecule has 5 aromatic rings. The molecule has 0 radical (unpaired) electrons. The number of carboxylic acid groups (broad SMARTS) is 2. The van der Waals surface area contributed by atoms with Crippen molar-refractivity contribution in [3.63, 3.8) is 0 Å². The third kappa shape index (κ3) is 8.92. The Kier molecular flexibility index (Phi) is 11.7. The van der Waals surface area contributed by atoms with Gasteiger partial charge < -0.3 is 29.5 Å². The molecule has 14 heteroatoms. The molecule has 0 spiro atoms. The molecule has 1 heterocycles. The second kappa shape index (κ2) is 16.3. The van der Waals surface area contributed by atoms with Gasteiger partial charge in [-0.1, -0.05) is 59.6 Å². The van der Waals surface area contributed by atoms with Crippen molar-refractivity contribution in [3.05, 3.63) is 99.5 Å². The topological polar surface area (TPSA) is 173 Å². The van der Waals surface area contributed by atoms with Gasteiger partial charge in [-0.2, -0.15) is 0 Å². The van der Waals surface area contributed by atoms with Gasteiger partial charge in [-0.05, 0) is 58.2 Å². The highest BCUT2D eigenvalue weighted by atomic mass is 35.5. The van der Waals surface area contributed by atoms with Crippen molar-refractivity contribution in [2.24, 2.45) is 0 Å².